The van der Waals surface area contributed by atoms with Crippen LogP contribution in [0.15, 0.2) is 108 Å². The fourth-order valence-corrected chi connectivity index (χ4v) is 12.4. The molecule has 49 heavy (non-hydrogen) atoms. The summed E-state index contributed by atoms with van der Waals surface area (Å²) >= 11 is 6.01. The first-order valence-electron chi connectivity index (χ1n) is 16.1. The Kier molecular flexibility index (Phi) is 12.1. The molecule has 0 radical (unpaired) electrons. The number of rotatable bonds is 12. The zero-order valence-corrected chi connectivity index (χ0v) is 31.3. The smallest absolute Gasteiger partial charge is 0.410 e. The second-order valence-electron chi connectivity index (χ2n) is 13.9. The van der Waals surface area contributed by atoms with E-state index in [2.05, 4.69) is 45.0 Å². The van der Waals surface area contributed by atoms with Gasteiger partial charge in [-0.3, -0.25) is 0 Å². The first-order chi connectivity index (χ1) is 23.0. The van der Waals surface area contributed by atoms with Crippen LogP contribution in [0.2, 0.25) is 10.1 Å². The number of nitrogens with zero attached hydrogens (tertiary/aromatic N) is 1. The molecule has 1 unspecified atom stereocenters. The van der Waals surface area contributed by atoms with Crippen molar-refractivity contribution < 1.29 is 31.2 Å². The highest BCUT2D eigenvalue weighted by atomic mass is 35.5. The molecule has 1 amide bonds. The van der Waals surface area contributed by atoms with Crippen LogP contribution >= 0.6 is 11.6 Å². The molecular formula is C38H44ClF2NO5SSi. The van der Waals surface area contributed by atoms with Crippen LogP contribution in [0, 0.1) is 11.6 Å². The molecule has 0 spiro atoms. The molecule has 0 saturated carbocycles. The van der Waals surface area contributed by atoms with Crippen LogP contribution in [-0.4, -0.2) is 53.0 Å². The van der Waals surface area contributed by atoms with Crippen LogP contribution in [0.4, 0.5) is 13.6 Å². The SMILES string of the molecule is CC(C)(C)OC(=O)N(CCO[Si](c1ccccc1)(c1ccccc1)C(C)(C)C)CCC(c1cc(F)ccc1F)S(=O)(=O)c1ccc(Cl)cc1. The average Bonchev–Trinajstić information content (AvgIpc) is 3.03. The summed E-state index contributed by atoms with van der Waals surface area (Å²) in [6.45, 7) is 11.6. The van der Waals surface area contributed by atoms with E-state index in [9.17, 15) is 17.6 Å². The van der Waals surface area contributed by atoms with E-state index < -0.39 is 46.7 Å². The molecular weight excluding hydrogens is 684 g/mol. The number of carbonyl (C=O) groups is 1. The summed E-state index contributed by atoms with van der Waals surface area (Å²) < 4.78 is 70.4. The Morgan fingerprint density at radius 3 is 1.88 bits per heavy atom. The molecule has 4 aromatic rings. The predicted molar refractivity (Wildman–Crippen MR) is 194 cm³/mol. The largest absolute Gasteiger partial charge is 0.444 e. The minimum atomic E-state index is -4.27. The van der Waals surface area contributed by atoms with Crippen molar-refractivity contribution in [1.82, 2.24) is 4.90 Å². The fraction of sp³-hybridized carbons (Fsp3) is 0.342. The number of halogens is 3. The van der Waals surface area contributed by atoms with Gasteiger partial charge in [-0.2, -0.15) is 0 Å². The second kappa shape index (κ2) is 15.5. The quantitative estimate of drug-likeness (QED) is 0.137. The average molecular weight is 728 g/mol. The van der Waals surface area contributed by atoms with Crippen molar-refractivity contribution in [2.45, 2.75) is 68.7 Å². The van der Waals surface area contributed by atoms with Gasteiger partial charge in [-0.05, 0) is 85.1 Å². The highest BCUT2D eigenvalue weighted by Crippen LogP contribution is 2.37. The summed E-state index contributed by atoms with van der Waals surface area (Å²) in [5.41, 5.74) is -1.18. The van der Waals surface area contributed by atoms with Crippen molar-refractivity contribution in [3.63, 3.8) is 0 Å². The molecule has 0 aliphatic heterocycles. The minimum absolute atomic E-state index is 0.0543. The fourth-order valence-electron chi connectivity index (χ4n) is 5.99. The van der Waals surface area contributed by atoms with Crippen LogP contribution in [0.3, 0.4) is 0 Å². The van der Waals surface area contributed by atoms with Gasteiger partial charge in [0.05, 0.1) is 16.8 Å². The molecule has 0 aromatic heterocycles. The van der Waals surface area contributed by atoms with E-state index in [1.54, 1.807) is 20.8 Å². The maximum atomic E-state index is 15.2. The summed E-state index contributed by atoms with van der Waals surface area (Å²) in [6, 6.07) is 28.3. The third kappa shape index (κ3) is 9.16. The van der Waals surface area contributed by atoms with Crippen molar-refractivity contribution in [2.75, 3.05) is 19.7 Å². The van der Waals surface area contributed by atoms with Crippen molar-refractivity contribution in [1.29, 1.82) is 0 Å². The van der Waals surface area contributed by atoms with Gasteiger partial charge in [0.15, 0.2) is 9.84 Å². The number of sulfone groups is 1. The number of hydrogen-bond donors (Lipinski definition) is 0. The molecule has 0 fully saturated rings. The number of ether oxygens (including phenoxy) is 1. The highest BCUT2D eigenvalue weighted by molar-refractivity contribution is 7.91. The lowest BCUT2D eigenvalue weighted by atomic mass is 10.1. The van der Waals surface area contributed by atoms with E-state index in [-0.39, 0.29) is 41.6 Å². The molecule has 0 aliphatic rings. The Morgan fingerprint density at radius 1 is 0.816 bits per heavy atom. The number of amides is 1. The summed E-state index contributed by atoms with van der Waals surface area (Å²) in [4.78, 5) is 14.9. The number of hydrogen-bond acceptors (Lipinski definition) is 5. The van der Waals surface area contributed by atoms with E-state index in [1.165, 1.54) is 29.2 Å². The monoisotopic (exact) mass is 727 g/mol. The summed E-state index contributed by atoms with van der Waals surface area (Å²) in [6.07, 6.45) is -0.926. The highest BCUT2D eigenvalue weighted by Gasteiger charge is 2.50. The van der Waals surface area contributed by atoms with E-state index in [0.717, 1.165) is 28.6 Å². The Balaban J connectivity index is 1.70. The van der Waals surface area contributed by atoms with Gasteiger partial charge in [0.2, 0.25) is 0 Å². The van der Waals surface area contributed by atoms with E-state index in [1.807, 2.05) is 36.4 Å². The number of benzene rings is 4. The summed E-state index contributed by atoms with van der Waals surface area (Å²) in [7, 11) is -7.23. The summed E-state index contributed by atoms with van der Waals surface area (Å²) in [5, 5.41) is 0.608. The van der Waals surface area contributed by atoms with E-state index in [0.29, 0.717) is 5.02 Å². The molecule has 0 aliphatic carbocycles. The maximum Gasteiger partial charge on any atom is 0.410 e. The first kappa shape index (κ1) is 38.2. The normalized spacial score (nSPS) is 13.2. The molecule has 262 valence electrons. The van der Waals surface area contributed by atoms with Gasteiger partial charge in [0.25, 0.3) is 8.32 Å². The Hall–Kier alpha value is -3.57. The van der Waals surface area contributed by atoms with Gasteiger partial charge in [-0.25, -0.2) is 22.0 Å². The molecule has 1 atom stereocenters. The number of carbonyl (C=O) groups excluding carboxylic acids is 1. The lowest BCUT2D eigenvalue weighted by Gasteiger charge is -2.43. The van der Waals surface area contributed by atoms with Crippen molar-refractivity contribution in [2.24, 2.45) is 0 Å². The van der Waals surface area contributed by atoms with Crippen LogP contribution in [0.5, 0.6) is 0 Å². The lowest BCUT2D eigenvalue weighted by Crippen LogP contribution is -2.67. The van der Waals surface area contributed by atoms with Crippen molar-refractivity contribution in [3.8, 4) is 0 Å². The van der Waals surface area contributed by atoms with Crippen molar-refractivity contribution in [3.05, 3.63) is 125 Å². The molecule has 6 nitrogen and oxygen atoms in total. The summed E-state index contributed by atoms with van der Waals surface area (Å²) in [5.74, 6) is -1.65. The van der Waals surface area contributed by atoms with Gasteiger partial charge in [0.1, 0.15) is 17.2 Å². The topological polar surface area (TPSA) is 72.9 Å². The van der Waals surface area contributed by atoms with E-state index in [4.69, 9.17) is 20.8 Å². The van der Waals surface area contributed by atoms with Crippen LogP contribution < -0.4 is 10.4 Å². The van der Waals surface area contributed by atoms with Crippen LogP contribution in [0.25, 0.3) is 0 Å². The van der Waals surface area contributed by atoms with Crippen LogP contribution in [0.1, 0.15) is 58.8 Å². The van der Waals surface area contributed by atoms with Gasteiger partial charge in [0, 0.05) is 23.7 Å². The van der Waals surface area contributed by atoms with Crippen LogP contribution in [-0.2, 0) is 19.0 Å². The first-order valence-corrected chi connectivity index (χ1v) is 20.0. The third-order valence-corrected chi connectivity index (χ3v) is 15.7. The van der Waals surface area contributed by atoms with Gasteiger partial charge in [-0.1, -0.05) is 93.0 Å². The Bertz CT molecular complexity index is 1770. The zero-order chi connectivity index (χ0) is 36.0. The second-order valence-corrected chi connectivity index (χ2v) is 20.8. The standard InChI is InChI=1S/C38H44ClF2NO5SSi/c1-37(2,3)47-36(43)42(25-26-46-49(38(4,5)6,31-13-9-7-10-14-31)32-15-11-8-12-16-32)24-23-35(33-27-29(40)19-22-34(33)41)48(44,45)30-20-17-28(39)18-21-30/h7-22,27,35H,23-26H2,1-6H3. The molecule has 4 aromatic carbocycles. The molecule has 0 bridgehead atoms. The lowest BCUT2D eigenvalue weighted by molar-refractivity contribution is 0.0221. The molecule has 0 N–H and O–H groups in total. The van der Waals surface area contributed by atoms with E-state index >= 15 is 4.39 Å². The minimum Gasteiger partial charge on any atom is -0.444 e. The Labute approximate surface area is 295 Å². The zero-order valence-electron chi connectivity index (χ0n) is 28.8. The Morgan fingerprint density at radius 2 is 1.37 bits per heavy atom. The molecule has 0 saturated heterocycles. The van der Waals surface area contributed by atoms with Gasteiger partial charge >= 0.3 is 6.09 Å². The molecule has 11 heteroatoms. The van der Waals surface area contributed by atoms with Crippen molar-refractivity contribution >= 4 is 46.2 Å². The predicted octanol–water partition coefficient (Wildman–Crippen LogP) is 8.34. The molecule has 4 rings (SSSR count). The van der Waals surface area contributed by atoms with Gasteiger partial charge in [-0.15, -0.1) is 0 Å². The third-order valence-electron chi connectivity index (χ3n) is 8.23. The molecule has 0 heterocycles. The maximum absolute atomic E-state index is 15.2. The van der Waals surface area contributed by atoms with Gasteiger partial charge < -0.3 is 14.1 Å².